The molecular weight excluding hydrogens is 332 g/mol. The number of fused-ring (bicyclic) bond motifs is 1. The minimum Gasteiger partial charge on any atom is -0.383 e. The maximum Gasteiger partial charge on any atom is 0.128 e. The van der Waals surface area contributed by atoms with Crippen LogP contribution in [0.5, 0.6) is 0 Å². The van der Waals surface area contributed by atoms with Gasteiger partial charge in [0, 0.05) is 26.1 Å². The van der Waals surface area contributed by atoms with Crippen LogP contribution >= 0.6 is 27.7 Å². The van der Waals surface area contributed by atoms with Gasteiger partial charge in [-0.25, -0.2) is 4.98 Å². The molecule has 3 rings (SSSR count). The van der Waals surface area contributed by atoms with Crippen LogP contribution in [-0.4, -0.2) is 4.98 Å². The van der Waals surface area contributed by atoms with Crippen LogP contribution in [0.3, 0.4) is 0 Å². The Bertz CT molecular complexity index is 741. The summed E-state index contributed by atoms with van der Waals surface area (Å²) in [6.45, 7) is 0. The molecule has 0 saturated carbocycles. The van der Waals surface area contributed by atoms with E-state index in [0.29, 0.717) is 5.82 Å². The number of aromatic nitrogens is 1. The van der Waals surface area contributed by atoms with Gasteiger partial charge >= 0.3 is 0 Å². The highest BCUT2D eigenvalue weighted by Crippen LogP contribution is 2.27. The van der Waals surface area contributed by atoms with Crippen molar-refractivity contribution in [3.63, 3.8) is 0 Å². The van der Waals surface area contributed by atoms with E-state index in [1.165, 1.54) is 4.90 Å². The Hall–Kier alpha value is -1.52. The summed E-state index contributed by atoms with van der Waals surface area (Å²) in [5, 5.41) is 1.13. The van der Waals surface area contributed by atoms with Gasteiger partial charge in [0.25, 0.3) is 0 Å². The third kappa shape index (κ3) is 2.97. The SMILES string of the molecule is Nc1nc2ccccc2cc1CSc1ccc(Br)cc1. The predicted molar refractivity (Wildman–Crippen MR) is 89.9 cm³/mol. The van der Waals surface area contributed by atoms with Crippen molar-refractivity contribution in [3.05, 3.63) is 64.6 Å². The lowest BCUT2D eigenvalue weighted by Crippen LogP contribution is -1.97. The molecule has 0 aliphatic rings. The van der Waals surface area contributed by atoms with E-state index in [4.69, 9.17) is 5.73 Å². The van der Waals surface area contributed by atoms with E-state index in [1.54, 1.807) is 11.8 Å². The summed E-state index contributed by atoms with van der Waals surface area (Å²) in [4.78, 5) is 5.68. The number of para-hydroxylation sites is 1. The molecule has 1 aromatic heterocycles. The molecule has 3 aromatic rings. The minimum atomic E-state index is 0.619. The van der Waals surface area contributed by atoms with Gasteiger partial charge in [0.15, 0.2) is 0 Å². The molecule has 100 valence electrons. The van der Waals surface area contributed by atoms with Crippen molar-refractivity contribution in [1.82, 2.24) is 4.98 Å². The first-order valence-corrected chi connectivity index (χ1v) is 8.03. The number of nitrogen functional groups attached to an aromatic ring is 1. The fraction of sp³-hybridized carbons (Fsp3) is 0.0625. The lowest BCUT2D eigenvalue weighted by Gasteiger charge is -2.07. The molecule has 2 N–H and O–H groups in total. The van der Waals surface area contributed by atoms with E-state index in [0.717, 1.165) is 26.7 Å². The van der Waals surface area contributed by atoms with E-state index >= 15 is 0 Å². The van der Waals surface area contributed by atoms with Crippen LogP contribution in [0.2, 0.25) is 0 Å². The minimum absolute atomic E-state index is 0.619. The van der Waals surface area contributed by atoms with Gasteiger partial charge < -0.3 is 5.73 Å². The van der Waals surface area contributed by atoms with Crippen molar-refractivity contribution in [2.75, 3.05) is 5.73 Å². The number of nitrogens with zero attached hydrogens (tertiary/aromatic N) is 1. The van der Waals surface area contributed by atoms with Crippen molar-refractivity contribution < 1.29 is 0 Å². The topological polar surface area (TPSA) is 38.9 Å². The van der Waals surface area contributed by atoms with Gasteiger partial charge in [-0.15, -0.1) is 11.8 Å². The van der Waals surface area contributed by atoms with Crippen molar-refractivity contribution in [2.24, 2.45) is 0 Å². The molecule has 0 bridgehead atoms. The first-order valence-electron chi connectivity index (χ1n) is 6.25. The fourth-order valence-corrected chi connectivity index (χ4v) is 3.13. The van der Waals surface area contributed by atoms with Gasteiger partial charge in [-0.3, -0.25) is 0 Å². The van der Waals surface area contributed by atoms with E-state index in [-0.39, 0.29) is 0 Å². The number of halogens is 1. The molecule has 0 amide bonds. The molecule has 0 fully saturated rings. The number of hydrogen-bond donors (Lipinski definition) is 1. The highest BCUT2D eigenvalue weighted by atomic mass is 79.9. The average Bonchev–Trinajstić information content (AvgIpc) is 2.47. The highest BCUT2D eigenvalue weighted by Gasteiger charge is 2.04. The monoisotopic (exact) mass is 344 g/mol. The van der Waals surface area contributed by atoms with Gasteiger partial charge in [0.1, 0.15) is 5.82 Å². The zero-order chi connectivity index (χ0) is 13.9. The molecule has 0 saturated heterocycles. The van der Waals surface area contributed by atoms with Gasteiger partial charge in [-0.05, 0) is 36.4 Å². The first-order chi connectivity index (χ1) is 9.72. The van der Waals surface area contributed by atoms with E-state index < -0.39 is 0 Å². The van der Waals surface area contributed by atoms with Crippen molar-refractivity contribution in [1.29, 1.82) is 0 Å². The second-order valence-corrected chi connectivity index (χ2v) is 6.43. The Balaban J connectivity index is 1.83. The average molecular weight is 345 g/mol. The Kier molecular flexibility index (Phi) is 3.94. The molecule has 4 heteroatoms. The smallest absolute Gasteiger partial charge is 0.128 e. The molecule has 0 unspecified atom stereocenters. The first kappa shape index (κ1) is 13.5. The number of anilines is 1. The molecular formula is C16H13BrN2S. The molecule has 20 heavy (non-hydrogen) atoms. The maximum atomic E-state index is 6.04. The summed E-state index contributed by atoms with van der Waals surface area (Å²) in [6, 6.07) is 18.5. The Labute approximate surface area is 130 Å². The van der Waals surface area contributed by atoms with Crippen LogP contribution in [-0.2, 0) is 5.75 Å². The van der Waals surface area contributed by atoms with Gasteiger partial charge in [0.05, 0.1) is 5.52 Å². The van der Waals surface area contributed by atoms with Crippen molar-refractivity contribution in [3.8, 4) is 0 Å². The summed E-state index contributed by atoms with van der Waals surface area (Å²) in [6.07, 6.45) is 0. The molecule has 0 radical (unpaired) electrons. The number of pyridine rings is 1. The second kappa shape index (κ2) is 5.85. The lowest BCUT2D eigenvalue weighted by molar-refractivity contribution is 1.31. The third-order valence-electron chi connectivity index (χ3n) is 3.04. The highest BCUT2D eigenvalue weighted by molar-refractivity contribution is 9.10. The third-order valence-corrected chi connectivity index (χ3v) is 4.63. The second-order valence-electron chi connectivity index (χ2n) is 4.47. The summed E-state index contributed by atoms with van der Waals surface area (Å²) in [5.41, 5.74) is 8.07. The fourth-order valence-electron chi connectivity index (χ4n) is 1.98. The van der Waals surface area contributed by atoms with Crippen LogP contribution in [0.15, 0.2) is 64.0 Å². The number of benzene rings is 2. The number of nitrogens with two attached hydrogens (primary N) is 1. The van der Waals surface area contributed by atoms with Crippen LogP contribution in [0.25, 0.3) is 10.9 Å². The largest absolute Gasteiger partial charge is 0.383 e. The van der Waals surface area contributed by atoms with Gasteiger partial charge in [-0.2, -0.15) is 0 Å². The molecule has 1 heterocycles. The summed E-state index contributed by atoms with van der Waals surface area (Å²) < 4.78 is 1.09. The number of thioether (sulfide) groups is 1. The van der Waals surface area contributed by atoms with Crippen LogP contribution < -0.4 is 5.73 Å². The van der Waals surface area contributed by atoms with E-state index in [9.17, 15) is 0 Å². The zero-order valence-electron chi connectivity index (χ0n) is 10.7. The molecule has 2 nitrogen and oxygen atoms in total. The van der Waals surface area contributed by atoms with Crippen molar-refractivity contribution >= 4 is 44.4 Å². The summed E-state index contributed by atoms with van der Waals surface area (Å²) >= 11 is 5.21. The normalized spacial score (nSPS) is 10.8. The van der Waals surface area contributed by atoms with Gasteiger partial charge in [-0.1, -0.05) is 34.1 Å². The van der Waals surface area contributed by atoms with Crippen LogP contribution in [0.4, 0.5) is 5.82 Å². The molecule has 2 aromatic carbocycles. The standard InChI is InChI=1S/C16H13BrN2S/c17-13-5-7-14(8-6-13)20-10-12-9-11-3-1-2-4-15(11)19-16(12)18/h1-9H,10H2,(H2,18,19). The zero-order valence-corrected chi connectivity index (χ0v) is 13.1. The summed E-state index contributed by atoms with van der Waals surface area (Å²) in [7, 11) is 0. The molecule has 0 atom stereocenters. The van der Waals surface area contributed by atoms with Gasteiger partial charge in [0.2, 0.25) is 0 Å². The lowest BCUT2D eigenvalue weighted by atomic mass is 10.1. The number of rotatable bonds is 3. The molecule has 0 spiro atoms. The van der Waals surface area contributed by atoms with Crippen molar-refractivity contribution in [2.45, 2.75) is 10.6 Å². The molecule has 0 aliphatic carbocycles. The Morgan fingerprint density at radius 2 is 1.80 bits per heavy atom. The quantitative estimate of drug-likeness (QED) is 0.688. The van der Waals surface area contributed by atoms with E-state index in [2.05, 4.69) is 45.2 Å². The van der Waals surface area contributed by atoms with Crippen LogP contribution in [0.1, 0.15) is 5.56 Å². The molecule has 0 aliphatic heterocycles. The number of hydrogen-bond acceptors (Lipinski definition) is 3. The predicted octanol–water partition coefficient (Wildman–Crippen LogP) is 4.87. The Morgan fingerprint density at radius 1 is 1.05 bits per heavy atom. The van der Waals surface area contributed by atoms with E-state index in [1.807, 2.05) is 30.3 Å². The maximum absolute atomic E-state index is 6.04. The Morgan fingerprint density at radius 3 is 2.60 bits per heavy atom. The van der Waals surface area contributed by atoms with Crippen LogP contribution in [0, 0.1) is 0 Å². The summed E-state index contributed by atoms with van der Waals surface area (Å²) in [5.74, 6) is 1.44.